The largest absolute Gasteiger partial charge is 0.324 e. The van der Waals surface area contributed by atoms with Gasteiger partial charge in [0.2, 0.25) is 0 Å². The molecule has 0 aromatic heterocycles. The van der Waals surface area contributed by atoms with E-state index in [1.54, 1.807) is 0 Å². The molecular weight excluding hydrogens is 148 g/mol. The third-order valence-electron chi connectivity index (χ3n) is 2.36. The van der Waals surface area contributed by atoms with E-state index < -0.39 is 0 Å². The summed E-state index contributed by atoms with van der Waals surface area (Å²) < 4.78 is 0. The lowest BCUT2D eigenvalue weighted by molar-refractivity contribution is 0.0745. The van der Waals surface area contributed by atoms with E-state index in [9.17, 15) is 0 Å². The van der Waals surface area contributed by atoms with Crippen LogP contribution in [0.1, 0.15) is 33.6 Å². The molecule has 0 spiro atoms. The van der Waals surface area contributed by atoms with Crippen LogP contribution in [0, 0.1) is 5.92 Å². The average Bonchev–Trinajstić information content (AvgIpc) is 1.80. The lowest BCUT2D eigenvalue weighted by Crippen LogP contribution is -2.54. The maximum Gasteiger partial charge on any atom is 0.0226 e. The van der Waals surface area contributed by atoms with Gasteiger partial charge < -0.3 is 10.6 Å². The minimum absolute atomic E-state index is 0.0167. The summed E-state index contributed by atoms with van der Waals surface area (Å²) in [5.74, 6) is 0.956. The molecule has 1 saturated heterocycles. The van der Waals surface area contributed by atoms with Crippen molar-refractivity contribution in [2.24, 2.45) is 11.7 Å². The molecule has 0 radical (unpaired) electrons. The van der Waals surface area contributed by atoms with E-state index in [1.807, 2.05) is 0 Å². The highest BCUT2D eigenvalue weighted by atomic mass is 15.2. The number of likely N-dealkylation sites (tertiary alicyclic amines) is 1. The molecule has 12 heavy (non-hydrogen) atoms. The fraction of sp³-hybridized carbons (Fsp3) is 1.00. The lowest BCUT2D eigenvalue weighted by Gasteiger charge is -2.42. The van der Waals surface area contributed by atoms with Crippen LogP contribution in [-0.2, 0) is 0 Å². The van der Waals surface area contributed by atoms with Crippen molar-refractivity contribution in [3.63, 3.8) is 0 Å². The van der Waals surface area contributed by atoms with Crippen molar-refractivity contribution in [1.29, 1.82) is 0 Å². The normalized spacial score (nSPS) is 21.0. The van der Waals surface area contributed by atoms with Crippen molar-refractivity contribution in [1.82, 2.24) is 4.90 Å². The second-order valence-corrected chi connectivity index (χ2v) is 4.84. The zero-order valence-electron chi connectivity index (χ0n) is 8.64. The molecule has 1 fully saturated rings. The van der Waals surface area contributed by atoms with Gasteiger partial charge in [0.25, 0.3) is 0 Å². The van der Waals surface area contributed by atoms with Crippen molar-refractivity contribution in [2.75, 3.05) is 19.6 Å². The molecule has 0 saturated carbocycles. The van der Waals surface area contributed by atoms with Crippen LogP contribution in [0.25, 0.3) is 0 Å². The smallest absolute Gasteiger partial charge is 0.0226 e. The molecule has 1 aliphatic rings. The van der Waals surface area contributed by atoms with Gasteiger partial charge in [-0.25, -0.2) is 0 Å². The van der Waals surface area contributed by atoms with Crippen LogP contribution < -0.4 is 5.73 Å². The molecule has 0 bridgehead atoms. The molecule has 0 unspecified atom stereocenters. The van der Waals surface area contributed by atoms with Crippen molar-refractivity contribution >= 4 is 0 Å². The Bertz CT molecular complexity index is 131. The third-order valence-corrected chi connectivity index (χ3v) is 2.36. The Morgan fingerprint density at radius 2 is 2.00 bits per heavy atom. The van der Waals surface area contributed by atoms with E-state index in [0.717, 1.165) is 12.5 Å². The number of hydrogen-bond acceptors (Lipinski definition) is 2. The van der Waals surface area contributed by atoms with Gasteiger partial charge in [-0.2, -0.15) is 0 Å². The molecule has 0 aliphatic carbocycles. The molecule has 2 N–H and O–H groups in total. The van der Waals surface area contributed by atoms with Crippen LogP contribution in [-0.4, -0.2) is 30.1 Å². The minimum atomic E-state index is -0.0167. The van der Waals surface area contributed by atoms with Gasteiger partial charge in [-0.05, 0) is 26.2 Å². The summed E-state index contributed by atoms with van der Waals surface area (Å²) >= 11 is 0. The van der Waals surface area contributed by atoms with Gasteiger partial charge in [0.1, 0.15) is 0 Å². The van der Waals surface area contributed by atoms with E-state index in [0.29, 0.717) is 0 Å². The average molecular weight is 170 g/mol. The fourth-order valence-electron chi connectivity index (χ4n) is 1.97. The van der Waals surface area contributed by atoms with Crippen LogP contribution >= 0.6 is 0 Å². The second kappa shape index (κ2) is 3.75. The monoisotopic (exact) mass is 170 g/mol. The van der Waals surface area contributed by atoms with Crippen molar-refractivity contribution in [3.05, 3.63) is 0 Å². The number of nitrogens with two attached hydrogens (primary N) is 1. The molecule has 1 aliphatic heterocycles. The molecule has 0 atom stereocenters. The topological polar surface area (TPSA) is 29.3 Å². The lowest BCUT2D eigenvalue weighted by atomic mass is 9.93. The van der Waals surface area contributed by atoms with Gasteiger partial charge in [-0.15, -0.1) is 0 Å². The zero-order chi connectivity index (χ0) is 9.19. The van der Waals surface area contributed by atoms with Gasteiger partial charge in [0.15, 0.2) is 0 Å². The number of nitrogens with zero attached hydrogens (tertiary/aromatic N) is 1. The molecule has 0 amide bonds. The highest BCUT2D eigenvalue weighted by molar-refractivity contribution is 4.85. The van der Waals surface area contributed by atoms with Gasteiger partial charge >= 0.3 is 0 Å². The molecule has 2 nitrogen and oxygen atoms in total. The SMILES string of the molecule is CCCC1CN(CC(C)(C)N)C1. The van der Waals surface area contributed by atoms with Gasteiger partial charge in [-0.1, -0.05) is 13.3 Å². The zero-order valence-corrected chi connectivity index (χ0v) is 8.64. The quantitative estimate of drug-likeness (QED) is 0.692. The van der Waals surface area contributed by atoms with Gasteiger partial charge in [-0.3, -0.25) is 0 Å². The Balaban J connectivity index is 2.10. The van der Waals surface area contributed by atoms with Crippen molar-refractivity contribution in [3.8, 4) is 0 Å². The molecular formula is C10H22N2. The Morgan fingerprint density at radius 3 is 2.42 bits per heavy atom. The first kappa shape index (κ1) is 10.0. The van der Waals surface area contributed by atoms with Crippen molar-refractivity contribution < 1.29 is 0 Å². The summed E-state index contributed by atoms with van der Waals surface area (Å²) in [6, 6.07) is 0. The summed E-state index contributed by atoms with van der Waals surface area (Å²) in [6.45, 7) is 10.0. The van der Waals surface area contributed by atoms with E-state index in [1.165, 1.54) is 25.9 Å². The summed E-state index contributed by atoms with van der Waals surface area (Å²) in [5, 5.41) is 0. The highest BCUT2D eigenvalue weighted by Gasteiger charge is 2.28. The Hall–Kier alpha value is -0.0800. The summed E-state index contributed by atoms with van der Waals surface area (Å²) in [7, 11) is 0. The van der Waals surface area contributed by atoms with Gasteiger partial charge in [0.05, 0.1) is 0 Å². The Morgan fingerprint density at radius 1 is 1.42 bits per heavy atom. The van der Waals surface area contributed by atoms with Crippen LogP contribution in [0.15, 0.2) is 0 Å². The van der Waals surface area contributed by atoms with E-state index >= 15 is 0 Å². The van der Waals surface area contributed by atoms with E-state index in [-0.39, 0.29) is 5.54 Å². The molecule has 0 aromatic rings. The first-order chi connectivity index (χ1) is 5.51. The molecule has 0 aromatic carbocycles. The molecule has 1 heterocycles. The van der Waals surface area contributed by atoms with Crippen LogP contribution in [0.5, 0.6) is 0 Å². The first-order valence-corrected chi connectivity index (χ1v) is 5.02. The predicted molar refractivity (Wildman–Crippen MR) is 53.1 cm³/mol. The molecule has 1 rings (SSSR count). The van der Waals surface area contributed by atoms with Crippen LogP contribution in [0.3, 0.4) is 0 Å². The highest BCUT2D eigenvalue weighted by Crippen LogP contribution is 2.21. The molecule has 72 valence electrons. The van der Waals surface area contributed by atoms with Crippen molar-refractivity contribution in [2.45, 2.75) is 39.2 Å². The molecule has 2 heteroatoms. The summed E-state index contributed by atoms with van der Waals surface area (Å²) in [6.07, 6.45) is 2.71. The number of rotatable bonds is 4. The predicted octanol–water partition coefficient (Wildman–Crippen LogP) is 1.46. The summed E-state index contributed by atoms with van der Waals surface area (Å²) in [5.41, 5.74) is 5.91. The Labute approximate surface area is 76.1 Å². The fourth-order valence-corrected chi connectivity index (χ4v) is 1.97. The second-order valence-electron chi connectivity index (χ2n) is 4.84. The van der Waals surface area contributed by atoms with E-state index in [4.69, 9.17) is 5.73 Å². The minimum Gasteiger partial charge on any atom is -0.324 e. The summed E-state index contributed by atoms with van der Waals surface area (Å²) in [4.78, 5) is 2.46. The first-order valence-electron chi connectivity index (χ1n) is 5.02. The standard InChI is InChI=1S/C10H22N2/c1-4-5-9-6-12(7-9)8-10(2,3)11/h9H,4-8,11H2,1-3H3. The van der Waals surface area contributed by atoms with Gasteiger partial charge in [0, 0.05) is 25.2 Å². The number of hydrogen-bond donors (Lipinski definition) is 1. The Kier molecular flexibility index (Phi) is 3.13. The van der Waals surface area contributed by atoms with Crippen LogP contribution in [0.4, 0.5) is 0 Å². The maximum atomic E-state index is 5.92. The van der Waals surface area contributed by atoms with Crippen LogP contribution in [0.2, 0.25) is 0 Å². The third kappa shape index (κ3) is 3.11. The van der Waals surface area contributed by atoms with E-state index in [2.05, 4.69) is 25.7 Å². The maximum absolute atomic E-state index is 5.92.